The standard InChI is InChI=1S/C31H41N5O/c1-2-33-13-11-25(20-33)22-6-8-23(9-7-22)26-18-30-29(10-12-32-36(30)21-26)34-14-16-35(17-15-34)31(37)28-19-27(28)24-4-3-5-24/h6-10,12,18,21,24-25,27-28,31,37H,2-5,11,13-17,19-20H2,1H3. The second-order valence-corrected chi connectivity index (χ2v) is 12.0. The maximum atomic E-state index is 11.0. The number of rotatable bonds is 7. The van der Waals surface area contributed by atoms with Gasteiger partial charge in [0.2, 0.25) is 0 Å². The SMILES string of the molecule is CCN1CCC(c2ccc(-c3cc4c(N5CCN(C(O)C6CC6C6CCC6)CC5)ccnn4c3)cc2)C1. The van der Waals surface area contributed by atoms with E-state index in [1.54, 1.807) is 0 Å². The van der Waals surface area contributed by atoms with Gasteiger partial charge in [0.1, 0.15) is 6.23 Å². The molecule has 4 aliphatic rings. The van der Waals surface area contributed by atoms with Gasteiger partial charge in [-0.15, -0.1) is 0 Å². The van der Waals surface area contributed by atoms with Gasteiger partial charge >= 0.3 is 0 Å². The molecule has 2 aliphatic heterocycles. The summed E-state index contributed by atoms with van der Waals surface area (Å²) in [6, 6.07) is 13.7. The molecule has 2 aromatic heterocycles. The van der Waals surface area contributed by atoms with Crippen LogP contribution in [0.5, 0.6) is 0 Å². The minimum atomic E-state index is -0.248. The number of likely N-dealkylation sites (N-methyl/N-ethyl adjacent to an activating group) is 1. The molecule has 6 heteroatoms. The zero-order chi connectivity index (χ0) is 24.9. The molecule has 4 atom stereocenters. The monoisotopic (exact) mass is 499 g/mol. The lowest BCUT2D eigenvalue weighted by Crippen LogP contribution is -2.51. The van der Waals surface area contributed by atoms with Gasteiger partial charge in [0.15, 0.2) is 0 Å². The predicted octanol–water partition coefficient (Wildman–Crippen LogP) is 4.69. The zero-order valence-electron chi connectivity index (χ0n) is 22.2. The number of aromatic nitrogens is 2. The third-order valence-corrected chi connectivity index (χ3v) is 9.98. The summed E-state index contributed by atoms with van der Waals surface area (Å²) in [6.45, 7) is 9.56. The Bertz CT molecular complexity index is 1230. The first kappa shape index (κ1) is 23.7. The number of anilines is 1. The fraction of sp³-hybridized carbons (Fsp3) is 0.581. The van der Waals surface area contributed by atoms with E-state index in [1.165, 1.54) is 67.6 Å². The van der Waals surface area contributed by atoms with Crippen molar-refractivity contribution in [2.75, 3.05) is 50.7 Å². The molecule has 2 saturated heterocycles. The van der Waals surface area contributed by atoms with Gasteiger partial charge in [-0.3, -0.25) is 4.90 Å². The third-order valence-electron chi connectivity index (χ3n) is 9.98. The average Bonchev–Trinajstić information content (AvgIpc) is 3.32. The molecular formula is C31H41N5O. The van der Waals surface area contributed by atoms with Gasteiger partial charge in [-0.05, 0) is 66.9 Å². The number of aliphatic hydroxyl groups is 1. The number of nitrogens with zero attached hydrogens (tertiary/aromatic N) is 5. The number of likely N-dealkylation sites (tertiary alicyclic amines) is 1. The number of hydrogen-bond donors (Lipinski definition) is 1. The van der Waals surface area contributed by atoms with E-state index in [0.717, 1.165) is 50.1 Å². The Morgan fingerprint density at radius 2 is 1.78 bits per heavy atom. The van der Waals surface area contributed by atoms with E-state index in [1.807, 2.05) is 10.7 Å². The summed E-state index contributed by atoms with van der Waals surface area (Å²) in [5, 5.41) is 15.6. The van der Waals surface area contributed by atoms with Crippen molar-refractivity contribution in [1.82, 2.24) is 19.4 Å². The van der Waals surface area contributed by atoms with Crippen molar-refractivity contribution in [3.63, 3.8) is 0 Å². The molecule has 1 N–H and O–H groups in total. The summed E-state index contributed by atoms with van der Waals surface area (Å²) in [6.07, 6.45) is 10.5. The van der Waals surface area contributed by atoms with Crippen molar-refractivity contribution >= 4 is 11.2 Å². The largest absolute Gasteiger partial charge is 0.378 e. The Balaban J connectivity index is 1.03. The average molecular weight is 500 g/mol. The maximum absolute atomic E-state index is 11.0. The number of hydrogen-bond acceptors (Lipinski definition) is 5. The fourth-order valence-corrected chi connectivity index (χ4v) is 7.25. The van der Waals surface area contributed by atoms with E-state index < -0.39 is 0 Å². The van der Waals surface area contributed by atoms with Gasteiger partial charge in [0.05, 0.1) is 11.2 Å². The smallest absolute Gasteiger partial charge is 0.110 e. The van der Waals surface area contributed by atoms with Crippen LogP contribution in [0.1, 0.15) is 50.5 Å². The summed E-state index contributed by atoms with van der Waals surface area (Å²) < 4.78 is 2.03. The number of benzene rings is 1. The molecule has 4 unspecified atom stereocenters. The van der Waals surface area contributed by atoms with E-state index in [-0.39, 0.29) is 6.23 Å². The van der Waals surface area contributed by atoms with Crippen LogP contribution in [0.3, 0.4) is 0 Å². The van der Waals surface area contributed by atoms with E-state index in [9.17, 15) is 5.11 Å². The highest BCUT2D eigenvalue weighted by molar-refractivity contribution is 5.80. The Kier molecular flexibility index (Phi) is 6.22. The molecule has 2 saturated carbocycles. The molecule has 196 valence electrons. The molecule has 4 heterocycles. The molecule has 0 bridgehead atoms. The zero-order valence-corrected chi connectivity index (χ0v) is 22.2. The van der Waals surface area contributed by atoms with Crippen molar-refractivity contribution in [3.8, 4) is 11.1 Å². The van der Waals surface area contributed by atoms with E-state index in [0.29, 0.717) is 11.8 Å². The molecule has 37 heavy (non-hydrogen) atoms. The summed E-state index contributed by atoms with van der Waals surface area (Å²) in [5.41, 5.74) is 6.35. The summed E-state index contributed by atoms with van der Waals surface area (Å²) in [7, 11) is 0. The van der Waals surface area contributed by atoms with E-state index >= 15 is 0 Å². The van der Waals surface area contributed by atoms with Gasteiger partial charge in [-0.2, -0.15) is 5.10 Å². The molecule has 7 rings (SSSR count). The summed E-state index contributed by atoms with van der Waals surface area (Å²) in [5.74, 6) is 2.87. The van der Waals surface area contributed by atoms with Gasteiger partial charge in [0, 0.05) is 56.6 Å². The van der Waals surface area contributed by atoms with Gasteiger partial charge in [-0.1, -0.05) is 50.5 Å². The quantitative estimate of drug-likeness (QED) is 0.511. The number of aliphatic hydroxyl groups excluding tert-OH is 1. The van der Waals surface area contributed by atoms with Crippen LogP contribution in [0, 0.1) is 17.8 Å². The topological polar surface area (TPSA) is 47.2 Å². The highest BCUT2D eigenvalue weighted by atomic mass is 16.3. The second kappa shape index (κ2) is 9.72. The minimum absolute atomic E-state index is 0.248. The normalized spacial score (nSPS) is 28.1. The second-order valence-electron chi connectivity index (χ2n) is 12.0. The van der Waals surface area contributed by atoms with Gasteiger partial charge in [0.25, 0.3) is 0 Å². The molecule has 6 nitrogen and oxygen atoms in total. The molecule has 1 aromatic carbocycles. The minimum Gasteiger partial charge on any atom is -0.378 e. The first-order chi connectivity index (χ1) is 18.2. The van der Waals surface area contributed by atoms with E-state index in [2.05, 4.69) is 69.3 Å². The molecule has 0 amide bonds. The first-order valence-electron chi connectivity index (χ1n) is 14.6. The van der Waals surface area contributed by atoms with Crippen LogP contribution in [-0.2, 0) is 0 Å². The van der Waals surface area contributed by atoms with Crippen molar-refractivity contribution in [3.05, 3.63) is 54.4 Å². The van der Waals surface area contributed by atoms with Crippen LogP contribution in [0.15, 0.2) is 48.8 Å². The summed E-state index contributed by atoms with van der Waals surface area (Å²) in [4.78, 5) is 7.35. The Morgan fingerprint density at radius 3 is 2.49 bits per heavy atom. The molecule has 2 aliphatic carbocycles. The fourth-order valence-electron chi connectivity index (χ4n) is 7.25. The van der Waals surface area contributed by atoms with Crippen LogP contribution in [-0.4, -0.2) is 76.6 Å². The third kappa shape index (κ3) is 4.47. The van der Waals surface area contributed by atoms with Crippen molar-refractivity contribution in [2.24, 2.45) is 17.8 Å². The van der Waals surface area contributed by atoms with Crippen LogP contribution in [0.25, 0.3) is 16.6 Å². The lowest BCUT2D eigenvalue weighted by Gasteiger charge is -2.39. The van der Waals surface area contributed by atoms with Gasteiger partial charge in [-0.25, -0.2) is 4.52 Å². The van der Waals surface area contributed by atoms with E-state index in [4.69, 9.17) is 0 Å². The van der Waals surface area contributed by atoms with Crippen LogP contribution in [0.4, 0.5) is 5.69 Å². The van der Waals surface area contributed by atoms with Gasteiger partial charge < -0.3 is 14.9 Å². The maximum Gasteiger partial charge on any atom is 0.110 e. The lowest BCUT2D eigenvalue weighted by atomic mass is 9.81. The molecule has 3 aromatic rings. The van der Waals surface area contributed by atoms with Crippen molar-refractivity contribution in [2.45, 2.75) is 51.2 Å². The highest BCUT2D eigenvalue weighted by Crippen LogP contribution is 2.53. The lowest BCUT2D eigenvalue weighted by molar-refractivity contribution is -0.0234. The molecule has 4 fully saturated rings. The number of fused-ring (bicyclic) bond motifs is 1. The Hall–Kier alpha value is -2.41. The van der Waals surface area contributed by atoms with Crippen molar-refractivity contribution < 1.29 is 5.11 Å². The first-order valence-corrected chi connectivity index (χ1v) is 14.6. The van der Waals surface area contributed by atoms with Crippen LogP contribution < -0.4 is 4.90 Å². The van der Waals surface area contributed by atoms with Crippen LogP contribution >= 0.6 is 0 Å². The summed E-state index contributed by atoms with van der Waals surface area (Å²) >= 11 is 0. The Labute approximate surface area is 220 Å². The molecule has 0 spiro atoms. The van der Waals surface area contributed by atoms with Crippen LogP contribution in [0.2, 0.25) is 0 Å². The van der Waals surface area contributed by atoms with Crippen molar-refractivity contribution in [1.29, 1.82) is 0 Å². The predicted molar refractivity (Wildman–Crippen MR) is 149 cm³/mol. The number of piperazine rings is 1. The molecule has 0 radical (unpaired) electrons. The highest BCUT2D eigenvalue weighted by Gasteiger charge is 2.50. The Morgan fingerprint density at radius 1 is 0.973 bits per heavy atom. The molecular weight excluding hydrogens is 458 g/mol.